The van der Waals surface area contributed by atoms with Gasteiger partial charge in [-0.1, -0.05) is 11.8 Å². The first-order chi connectivity index (χ1) is 11.4. The molecule has 1 amide bonds. The van der Waals surface area contributed by atoms with E-state index < -0.39 is 4.92 Å². The largest absolute Gasteiger partial charge is 0.337 e. The molecule has 3 rings (SSSR count). The first kappa shape index (κ1) is 19.6. The van der Waals surface area contributed by atoms with Crippen LogP contribution in [0.15, 0.2) is 32.8 Å². The molecule has 1 aliphatic rings. The number of nitrogens with two attached hydrogens (primary N) is 1. The Morgan fingerprint density at radius 3 is 2.84 bits per heavy atom. The molecule has 1 atom stereocenters. The van der Waals surface area contributed by atoms with Gasteiger partial charge < -0.3 is 10.6 Å². The van der Waals surface area contributed by atoms with E-state index in [1.54, 1.807) is 17.0 Å². The molecule has 2 N–H and O–H groups in total. The molecule has 10 heteroatoms. The summed E-state index contributed by atoms with van der Waals surface area (Å²) in [6.45, 7) is 2.95. The van der Waals surface area contributed by atoms with Crippen LogP contribution in [0.1, 0.15) is 22.5 Å². The number of halogens is 1. The van der Waals surface area contributed by atoms with Crippen molar-refractivity contribution in [1.82, 2.24) is 9.88 Å². The average Bonchev–Trinajstić information content (AvgIpc) is 3.15. The van der Waals surface area contributed by atoms with Crippen LogP contribution in [0.4, 0.5) is 5.69 Å². The summed E-state index contributed by atoms with van der Waals surface area (Å²) in [5.41, 5.74) is 6.93. The molecule has 2 heterocycles. The summed E-state index contributed by atoms with van der Waals surface area (Å²) >= 11 is 2.67. The zero-order valence-electron chi connectivity index (χ0n) is 13.4. The van der Waals surface area contributed by atoms with Gasteiger partial charge in [0.1, 0.15) is 0 Å². The third kappa shape index (κ3) is 4.49. The maximum atomic E-state index is 12.5. The molecule has 2 aromatic rings. The van der Waals surface area contributed by atoms with Crippen molar-refractivity contribution in [2.75, 3.05) is 13.1 Å². The number of benzene rings is 1. The zero-order chi connectivity index (χ0) is 17.3. The number of nitro benzene ring substituents is 1. The highest BCUT2D eigenvalue weighted by molar-refractivity contribution is 8.01. The van der Waals surface area contributed by atoms with Gasteiger partial charge in [-0.25, -0.2) is 4.98 Å². The van der Waals surface area contributed by atoms with Crippen LogP contribution in [0.25, 0.3) is 0 Å². The Morgan fingerprint density at radius 1 is 1.52 bits per heavy atom. The van der Waals surface area contributed by atoms with E-state index in [4.69, 9.17) is 5.73 Å². The van der Waals surface area contributed by atoms with E-state index in [1.165, 1.54) is 29.2 Å². The Balaban J connectivity index is 0.00000225. The molecule has 0 radical (unpaired) electrons. The van der Waals surface area contributed by atoms with Gasteiger partial charge in [0.2, 0.25) is 0 Å². The molecule has 0 spiro atoms. The number of likely N-dealkylation sites (tertiary alicyclic amines) is 1. The molecule has 25 heavy (non-hydrogen) atoms. The van der Waals surface area contributed by atoms with Gasteiger partial charge in [-0.2, -0.15) is 0 Å². The maximum Gasteiger partial charge on any atom is 0.284 e. The number of rotatable bonds is 4. The lowest BCUT2D eigenvalue weighted by Gasteiger charge is -2.15. The van der Waals surface area contributed by atoms with Crippen LogP contribution in [0.5, 0.6) is 0 Å². The van der Waals surface area contributed by atoms with Gasteiger partial charge in [-0.05, 0) is 25.5 Å². The highest BCUT2D eigenvalue weighted by Crippen LogP contribution is 2.37. The van der Waals surface area contributed by atoms with Crippen LogP contribution in [-0.4, -0.2) is 39.8 Å². The first-order valence-electron chi connectivity index (χ1n) is 7.37. The molecule has 1 aliphatic heterocycles. The molecular formula is C15H17ClN4O3S2. The van der Waals surface area contributed by atoms with Crippen LogP contribution in [0, 0.1) is 17.0 Å². The Hall–Kier alpha value is -1.68. The fourth-order valence-corrected chi connectivity index (χ4v) is 4.39. The molecule has 0 aliphatic carbocycles. The quantitative estimate of drug-likeness (QED) is 0.624. The topological polar surface area (TPSA) is 102 Å². The van der Waals surface area contributed by atoms with Gasteiger partial charge in [0.05, 0.1) is 9.82 Å². The monoisotopic (exact) mass is 400 g/mol. The number of nitro groups is 1. The molecule has 0 unspecified atom stereocenters. The van der Waals surface area contributed by atoms with Crippen molar-refractivity contribution in [3.8, 4) is 0 Å². The van der Waals surface area contributed by atoms with Gasteiger partial charge in [0.25, 0.3) is 11.6 Å². The number of aromatic nitrogens is 1. The maximum absolute atomic E-state index is 12.5. The summed E-state index contributed by atoms with van der Waals surface area (Å²) < 4.78 is 0.736. The van der Waals surface area contributed by atoms with Gasteiger partial charge in [-0.15, -0.1) is 23.7 Å². The SMILES string of the molecule is Cc1csc(Sc2ccc(C(=O)N3CC[C@@H](N)C3)cc2[N+](=O)[O-])n1.Cl. The number of thiazole rings is 1. The Bertz CT molecular complexity index is 799. The number of hydrogen-bond acceptors (Lipinski definition) is 7. The highest BCUT2D eigenvalue weighted by Gasteiger charge is 2.26. The van der Waals surface area contributed by atoms with Crippen molar-refractivity contribution >= 4 is 47.1 Å². The van der Waals surface area contributed by atoms with Crippen molar-refractivity contribution in [3.05, 3.63) is 45.0 Å². The van der Waals surface area contributed by atoms with Crippen molar-refractivity contribution in [3.63, 3.8) is 0 Å². The summed E-state index contributed by atoms with van der Waals surface area (Å²) in [6.07, 6.45) is 0.755. The number of hydrogen-bond donors (Lipinski definition) is 1. The second-order valence-corrected chi connectivity index (χ2v) is 7.74. The molecule has 7 nitrogen and oxygen atoms in total. The highest BCUT2D eigenvalue weighted by atomic mass is 35.5. The van der Waals surface area contributed by atoms with E-state index in [0.717, 1.165) is 16.5 Å². The normalized spacial score (nSPS) is 16.6. The predicted octanol–water partition coefficient (Wildman–Crippen LogP) is 3.11. The van der Waals surface area contributed by atoms with Crippen LogP contribution in [0.3, 0.4) is 0 Å². The molecule has 1 aromatic carbocycles. The fourth-order valence-electron chi connectivity index (χ4n) is 2.51. The number of amides is 1. The van der Waals surface area contributed by atoms with Gasteiger partial charge in [0, 0.05) is 41.8 Å². The molecule has 1 saturated heterocycles. The third-order valence-corrected chi connectivity index (χ3v) is 5.83. The number of carbonyl (C=O) groups is 1. The Morgan fingerprint density at radius 2 is 2.28 bits per heavy atom. The van der Waals surface area contributed by atoms with Crippen molar-refractivity contribution < 1.29 is 9.72 Å². The third-order valence-electron chi connectivity index (χ3n) is 3.71. The second kappa shape index (κ2) is 8.13. The molecule has 134 valence electrons. The van der Waals surface area contributed by atoms with Crippen LogP contribution < -0.4 is 5.73 Å². The van der Waals surface area contributed by atoms with E-state index in [0.29, 0.717) is 23.5 Å². The molecule has 1 fully saturated rings. The zero-order valence-corrected chi connectivity index (χ0v) is 15.8. The van der Waals surface area contributed by atoms with Crippen molar-refractivity contribution in [2.24, 2.45) is 5.73 Å². The lowest BCUT2D eigenvalue weighted by molar-refractivity contribution is -0.387. The molecule has 0 saturated carbocycles. The second-order valence-electron chi connectivity index (χ2n) is 5.60. The number of aryl methyl sites for hydroxylation is 1. The first-order valence-corrected chi connectivity index (χ1v) is 9.07. The summed E-state index contributed by atoms with van der Waals surface area (Å²) in [6, 6.07) is 4.56. The summed E-state index contributed by atoms with van der Waals surface area (Å²) in [5, 5.41) is 13.3. The van der Waals surface area contributed by atoms with Crippen molar-refractivity contribution in [2.45, 2.75) is 28.6 Å². The summed E-state index contributed by atoms with van der Waals surface area (Å²) in [4.78, 5) is 29.8. The van der Waals surface area contributed by atoms with Crippen LogP contribution in [-0.2, 0) is 0 Å². The summed E-state index contributed by atoms with van der Waals surface area (Å²) in [7, 11) is 0. The minimum Gasteiger partial charge on any atom is -0.337 e. The van der Waals surface area contributed by atoms with E-state index in [2.05, 4.69) is 4.98 Å². The van der Waals surface area contributed by atoms with E-state index in [1.807, 2.05) is 12.3 Å². The lowest BCUT2D eigenvalue weighted by atomic mass is 10.2. The van der Waals surface area contributed by atoms with E-state index in [-0.39, 0.29) is 30.0 Å². The minimum absolute atomic E-state index is 0. The van der Waals surface area contributed by atoms with Gasteiger partial charge in [-0.3, -0.25) is 14.9 Å². The smallest absolute Gasteiger partial charge is 0.284 e. The lowest BCUT2D eigenvalue weighted by Crippen LogP contribution is -2.31. The Kier molecular flexibility index (Phi) is 6.39. The van der Waals surface area contributed by atoms with E-state index >= 15 is 0 Å². The standard InChI is InChI=1S/C15H16N4O3S2.ClH/c1-9-8-23-15(17-9)24-13-3-2-10(6-12(13)19(21)22)14(20)18-5-4-11(16)7-18;/h2-3,6,8,11H,4-5,7,16H2,1H3;1H/t11-;/m1./s1. The van der Waals surface area contributed by atoms with Crippen LogP contribution in [0.2, 0.25) is 0 Å². The van der Waals surface area contributed by atoms with Crippen LogP contribution >= 0.6 is 35.5 Å². The summed E-state index contributed by atoms with van der Waals surface area (Å²) in [5.74, 6) is -0.215. The fraction of sp³-hybridized carbons (Fsp3) is 0.333. The molecule has 0 bridgehead atoms. The van der Waals surface area contributed by atoms with E-state index in [9.17, 15) is 14.9 Å². The predicted molar refractivity (Wildman–Crippen MR) is 99.8 cm³/mol. The van der Waals surface area contributed by atoms with Gasteiger partial charge >= 0.3 is 0 Å². The Labute approximate surface area is 159 Å². The number of nitrogens with zero attached hydrogens (tertiary/aromatic N) is 3. The number of carbonyl (C=O) groups excluding carboxylic acids is 1. The van der Waals surface area contributed by atoms with Crippen molar-refractivity contribution in [1.29, 1.82) is 0 Å². The average molecular weight is 401 g/mol. The molecule has 1 aromatic heterocycles. The van der Waals surface area contributed by atoms with Gasteiger partial charge in [0.15, 0.2) is 4.34 Å². The molecular weight excluding hydrogens is 384 g/mol. The minimum atomic E-state index is -0.463.